The summed E-state index contributed by atoms with van der Waals surface area (Å²) in [5.41, 5.74) is 0.588. The molecule has 0 bridgehead atoms. The Balaban J connectivity index is 1.84. The summed E-state index contributed by atoms with van der Waals surface area (Å²) in [7, 11) is 2.93. The van der Waals surface area contributed by atoms with Gasteiger partial charge in [0.15, 0.2) is 36.1 Å². The number of aromatic nitrogens is 1. The number of methoxy groups -OCH3 is 2. The second-order valence-electron chi connectivity index (χ2n) is 10.5. The van der Waals surface area contributed by atoms with Gasteiger partial charge in [0, 0.05) is 19.4 Å². The van der Waals surface area contributed by atoms with E-state index in [1.54, 1.807) is 20.8 Å². The average molecular weight is 617 g/mol. The maximum absolute atomic E-state index is 13.4. The first-order chi connectivity index (χ1) is 21.0. The standard InChI is InChI=1S/C31H40N2O11/c1-18(2)29(35)44-26-20(4)43-31(37)23(16-40-30(36)22(26)14-21-10-8-7-9-11-21)33-28(34)25-27(24(39-6)12-13-32-25)42-17-41-19(3)15-38-5/h7-13,18-20,22-23,26H,14-17H2,1-6H3,(H,33,34)/t19?,20-,22+,23-,26-/m0/s1. The first-order valence-corrected chi connectivity index (χ1v) is 14.2. The molecule has 1 aliphatic heterocycles. The van der Waals surface area contributed by atoms with Crippen LogP contribution in [0, 0.1) is 11.8 Å². The maximum atomic E-state index is 13.4. The van der Waals surface area contributed by atoms with Crippen molar-refractivity contribution in [1.29, 1.82) is 0 Å². The van der Waals surface area contributed by atoms with Gasteiger partial charge >= 0.3 is 17.9 Å². The smallest absolute Gasteiger partial charge is 0.332 e. The minimum atomic E-state index is -1.41. The molecule has 2 aromatic rings. The van der Waals surface area contributed by atoms with Crippen molar-refractivity contribution in [3.63, 3.8) is 0 Å². The number of carbonyl (C=O) groups excluding carboxylic acids is 4. The van der Waals surface area contributed by atoms with E-state index in [9.17, 15) is 19.2 Å². The molecular formula is C31H40N2O11. The van der Waals surface area contributed by atoms with E-state index < -0.39 is 60.5 Å². The van der Waals surface area contributed by atoms with Gasteiger partial charge in [-0.2, -0.15) is 0 Å². The zero-order valence-electron chi connectivity index (χ0n) is 25.8. The molecule has 1 saturated heterocycles. The SMILES string of the molecule is COCC(C)OCOc1c(OC)ccnc1C(=O)N[C@H]1COC(=O)[C@H](Cc2ccccc2)[C@@H](OC(=O)C(C)C)[C@H](C)OC1=O. The topological polar surface area (TPSA) is 158 Å². The van der Waals surface area contributed by atoms with E-state index >= 15 is 0 Å². The molecular weight excluding hydrogens is 576 g/mol. The summed E-state index contributed by atoms with van der Waals surface area (Å²) in [5, 5.41) is 2.51. The fourth-order valence-corrected chi connectivity index (χ4v) is 4.36. The van der Waals surface area contributed by atoms with Crippen molar-refractivity contribution in [1.82, 2.24) is 10.3 Å². The number of ether oxygens (including phenoxy) is 7. The zero-order chi connectivity index (χ0) is 32.2. The van der Waals surface area contributed by atoms with Crippen molar-refractivity contribution in [2.24, 2.45) is 11.8 Å². The molecule has 1 fully saturated rings. The second-order valence-corrected chi connectivity index (χ2v) is 10.5. The van der Waals surface area contributed by atoms with Gasteiger partial charge in [0.2, 0.25) is 0 Å². The van der Waals surface area contributed by atoms with E-state index in [1.807, 2.05) is 30.3 Å². The van der Waals surface area contributed by atoms with Crippen molar-refractivity contribution >= 4 is 23.8 Å². The van der Waals surface area contributed by atoms with Crippen LogP contribution in [0.25, 0.3) is 0 Å². The summed E-state index contributed by atoms with van der Waals surface area (Å²) in [4.78, 5) is 56.8. The number of carbonyl (C=O) groups is 4. The van der Waals surface area contributed by atoms with E-state index in [0.29, 0.717) is 6.61 Å². The molecule has 0 saturated carbocycles. The van der Waals surface area contributed by atoms with Crippen LogP contribution in [0.2, 0.25) is 0 Å². The van der Waals surface area contributed by atoms with E-state index in [-0.39, 0.29) is 36.5 Å². The van der Waals surface area contributed by atoms with Gasteiger partial charge in [0.25, 0.3) is 5.91 Å². The quantitative estimate of drug-likeness (QED) is 0.199. The molecule has 44 heavy (non-hydrogen) atoms. The van der Waals surface area contributed by atoms with Crippen molar-refractivity contribution < 1.29 is 52.3 Å². The Bertz CT molecular complexity index is 1270. The lowest BCUT2D eigenvalue weighted by molar-refractivity contribution is -0.176. The maximum Gasteiger partial charge on any atom is 0.332 e. The number of benzene rings is 1. The highest BCUT2D eigenvalue weighted by molar-refractivity contribution is 5.98. The van der Waals surface area contributed by atoms with Gasteiger partial charge in [-0.25, -0.2) is 9.78 Å². The Kier molecular flexibility index (Phi) is 12.9. The summed E-state index contributed by atoms with van der Waals surface area (Å²) in [6, 6.07) is 9.20. The summed E-state index contributed by atoms with van der Waals surface area (Å²) >= 11 is 0. The van der Waals surface area contributed by atoms with Gasteiger partial charge in [0.05, 0.1) is 25.7 Å². The second kappa shape index (κ2) is 16.6. The lowest BCUT2D eigenvalue weighted by atomic mass is 9.91. The van der Waals surface area contributed by atoms with Crippen LogP contribution in [0.4, 0.5) is 0 Å². The lowest BCUT2D eigenvalue weighted by Gasteiger charge is -2.29. The first-order valence-electron chi connectivity index (χ1n) is 14.2. The van der Waals surface area contributed by atoms with E-state index in [0.717, 1.165) is 5.56 Å². The fourth-order valence-electron chi connectivity index (χ4n) is 4.36. The molecule has 3 rings (SSSR count). The first kappa shape index (κ1) is 34.3. The van der Waals surface area contributed by atoms with E-state index in [1.165, 1.54) is 33.4 Å². The lowest BCUT2D eigenvalue weighted by Crippen LogP contribution is -2.47. The van der Waals surface area contributed by atoms with E-state index in [2.05, 4.69) is 10.3 Å². The number of hydrogen-bond acceptors (Lipinski definition) is 12. The van der Waals surface area contributed by atoms with Crippen LogP contribution in [-0.2, 0) is 44.5 Å². The Labute approximate surface area is 256 Å². The summed E-state index contributed by atoms with van der Waals surface area (Å²) in [6.45, 7) is 6.15. The van der Waals surface area contributed by atoms with Crippen LogP contribution >= 0.6 is 0 Å². The molecule has 2 heterocycles. The number of cyclic esters (lactones) is 2. The molecule has 13 nitrogen and oxygen atoms in total. The molecule has 240 valence electrons. The van der Waals surface area contributed by atoms with Gasteiger partial charge in [-0.3, -0.25) is 14.4 Å². The Morgan fingerprint density at radius 2 is 1.80 bits per heavy atom. The summed E-state index contributed by atoms with van der Waals surface area (Å²) < 4.78 is 38.4. The summed E-state index contributed by atoms with van der Waals surface area (Å²) in [5.74, 6) is -4.31. The van der Waals surface area contributed by atoms with Crippen LogP contribution < -0.4 is 14.8 Å². The monoisotopic (exact) mass is 616 g/mol. The molecule has 1 aliphatic rings. The minimum Gasteiger partial charge on any atom is -0.493 e. The number of hydrogen-bond donors (Lipinski definition) is 1. The van der Waals surface area contributed by atoms with Crippen molar-refractivity contribution in [2.75, 3.05) is 34.2 Å². The number of nitrogens with one attached hydrogen (secondary N) is 1. The third kappa shape index (κ3) is 9.38. The number of amides is 1. The van der Waals surface area contributed by atoms with Crippen LogP contribution in [0.3, 0.4) is 0 Å². The van der Waals surface area contributed by atoms with Gasteiger partial charge in [0.1, 0.15) is 18.6 Å². The van der Waals surface area contributed by atoms with E-state index in [4.69, 9.17) is 33.2 Å². The predicted molar refractivity (Wildman–Crippen MR) is 155 cm³/mol. The number of pyridine rings is 1. The number of nitrogens with zero attached hydrogens (tertiary/aromatic N) is 1. The fraction of sp³-hybridized carbons (Fsp3) is 0.516. The van der Waals surface area contributed by atoms with Gasteiger partial charge in [-0.1, -0.05) is 44.2 Å². The highest BCUT2D eigenvalue weighted by Crippen LogP contribution is 2.30. The Morgan fingerprint density at radius 3 is 2.45 bits per heavy atom. The highest BCUT2D eigenvalue weighted by Gasteiger charge is 2.42. The highest BCUT2D eigenvalue weighted by atomic mass is 16.7. The molecule has 1 unspecified atom stereocenters. The predicted octanol–water partition coefficient (Wildman–Crippen LogP) is 2.49. The van der Waals surface area contributed by atoms with Gasteiger partial charge < -0.3 is 38.5 Å². The Hall–Kier alpha value is -4.23. The molecule has 1 amide bonds. The van der Waals surface area contributed by atoms with Crippen LogP contribution in [0.15, 0.2) is 42.6 Å². The normalized spacial score (nSPS) is 21.2. The van der Waals surface area contributed by atoms with Crippen LogP contribution in [0.5, 0.6) is 11.5 Å². The molecule has 0 aliphatic carbocycles. The molecule has 1 aromatic heterocycles. The summed E-state index contributed by atoms with van der Waals surface area (Å²) in [6.07, 6.45) is -0.991. The molecule has 0 radical (unpaired) electrons. The molecule has 1 aromatic carbocycles. The van der Waals surface area contributed by atoms with Crippen molar-refractivity contribution in [2.45, 2.75) is 58.5 Å². The van der Waals surface area contributed by atoms with Crippen molar-refractivity contribution in [3.05, 3.63) is 53.9 Å². The van der Waals surface area contributed by atoms with Gasteiger partial charge in [-0.15, -0.1) is 0 Å². The molecule has 13 heteroatoms. The van der Waals surface area contributed by atoms with Crippen molar-refractivity contribution in [3.8, 4) is 11.5 Å². The number of rotatable bonds is 13. The van der Waals surface area contributed by atoms with Crippen LogP contribution in [0.1, 0.15) is 43.7 Å². The average Bonchev–Trinajstić information content (AvgIpc) is 3.03. The third-order valence-corrected chi connectivity index (χ3v) is 6.73. The Morgan fingerprint density at radius 1 is 1.07 bits per heavy atom. The molecule has 1 N–H and O–H groups in total. The zero-order valence-corrected chi connectivity index (χ0v) is 25.8. The van der Waals surface area contributed by atoms with Gasteiger partial charge in [-0.05, 0) is 25.8 Å². The molecule has 0 spiro atoms. The number of esters is 3. The molecule has 5 atom stereocenters. The van der Waals surface area contributed by atoms with Crippen LogP contribution in [-0.4, -0.2) is 87.4 Å². The third-order valence-electron chi connectivity index (χ3n) is 6.73. The largest absolute Gasteiger partial charge is 0.493 e. The minimum absolute atomic E-state index is 0.0255.